The van der Waals surface area contributed by atoms with E-state index in [9.17, 15) is 0 Å². The van der Waals surface area contributed by atoms with E-state index < -0.39 is 28.8 Å². The summed E-state index contributed by atoms with van der Waals surface area (Å²) >= 11 is 2.84. The van der Waals surface area contributed by atoms with E-state index in [-0.39, 0.29) is 18.3 Å². The zero-order valence-electron chi connectivity index (χ0n) is 30.0. The molecule has 4 atom stereocenters. The molecule has 1 aliphatic heterocycles. The van der Waals surface area contributed by atoms with Crippen molar-refractivity contribution in [1.29, 1.82) is 0 Å². The molecule has 0 saturated carbocycles. The summed E-state index contributed by atoms with van der Waals surface area (Å²) in [6.45, 7) is 8.95. The van der Waals surface area contributed by atoms with Crippen molar-refractivity contribution >= 4 is 42.2 Å². The second-order valence-electron chi connectivity index (χ2n) is 13.8. The first kappa shape index (κ1) is 37.8. The van der Waals surface area contributed by atoms with Crippen molar-refractivity contribution in [2.45, 2.75) is 83.8 Å². The van der Waals surface area contributed by atoms with E-state index in [4.69, 9.17) is 23.7 Å². The van der Waals surface area contributed by atoms with Gasteiger partial charge in [-0.1, -0.05) is 0 Å². The summed E-state index contributed by atoms with van der Waals surface area (Å²) in [6.07, 6.45) is -1.98. The van der Waals surface area contributed by atoms with E-state index in [1.807, 2.05) is 64.1 Å². The Balaban J connectivity index is 1.51. The molecule has 1 fully saturated rings. The molecule has 5 aromatic carbocycles. The fourth-order valence-electron chi connectivity index (χ4n) is 7.09. The summed E-state index contributed by atoms with van der Waals surface area (Å²) < 4.78 is 31.1. The first-order chi connectivity index (χ1) is 24.8. The van der Waals surface area contributed by atoms with Gasteiger partial charge in [-0.3, -0.25) is 0 Å². The van der Waals surface area contributed by atoms with Gasteiger partial charge in [0.15, 0.2) is 0 Å². The minimum absolute atomic E-state index is 0.0864. The summed E-state index contributed by atoms with van der Waals surface area (Å²) in [5.74, 6) is 0. The molecule has 51 heavy (non-hydrogen) atoms. The van der Waals surface area contributed by atoms with Crippen molar-refractivity contribution < 1.29 is 23.7 Å². The van der Waals surface area contributed by atoms with Crippen LogP contribution >= 0.6 is 26.3 Å². The molecular formula is C44H50IO5P. The molecular weight excluding hydrogens is 766 g/mol. The molecule has 6 rings (SSSR count). The summed E-state index contributed by atoms with van der Waals surface area (Å²) in [7, 11) is 0. The molecule has 0 unspecified atom stereocenters. The van der Waals surface area contributed by atoms with Crippen molar-refractivity contribution in [1.82, 2.24) is 0 Å². The van der Waals surface area contributed by atoms with Gasteiger partial charge in [-0.05, 0) is 0 Å². The Labute approximate surface area is 317 Å². The van der Waals surface area contributed by atoms with E-state index in [1.165, 1.54) is 15.9 Å². The Morgan fingerprint density at radius 1 is 0.529 bits per heavy atom. The Morgan fingerprint density at radius 3 is 1.25 bits per heavy atom. The van der Waals surface area contributed by atoms with Crippen LogP contribution in [0.25, 0.3) is 0 Å². The summed E-state index contributed by atoms with van der Waals surface area (Å²) in [6, 6.07) is 53.5. The van der Waals surface area contributed by atoms with Crippen LogP contribution in [-0.2, 0) is 36.9 Å². The number of rotatable bonds is 16. The van der Waals surface area contributed by atoms with Crippen molar-refractivity contribution in [3.8, 4) is 0 Å². The van der Waals surface area contributed by atoms with Gasteiger partial charge < -0.3 is 0 Å². The van der Waals surface area contributed by atoms with Gasteiger partial charge in [0.2, 0.25) is 0 Å². The van der Waals surface area contributed by atoms with Crippen LogP contribution in [0.4, 0.5) is 0 Å². The van der Waals surface area contributed by atoms with Crippen LogP contribution in [0, 0.1) is 0 Å². The molecule has 0 radical (unpaired) electrons. The maximum atomic E-state index is 7.34. The third-order valence-corrected chi connectivity index (χ3v) is 20.8. The summed E-state index contributed by atoms with van der Waals surface area (Å²) in [5, 5.41) is 3.85. The zero-order chi connectivity index (χ0) is 35.7. The second kappa shape index (κ2) is 17.3. The van der Waals surface area contributed by atoms with Gasteiger partial charge in [0.25, 0.3) is 0 Å². The first-order valence-corrected chi connectivity index (χ1v) is 23.1. The molecule has 5 nitrogen and oxygen atoms in total. The normalized spacial score (nSPS) is 20.1. The number of halogens is 1. The van der Waals surface area contributed by atoms with Crippen molar-refractivity contribution in [3.05, 3.63) is 163 Å². The Bertz CT molecular complexity index is 1650. The molecule has 0 bridgehead atoms. The predicted octanol–water partition coefficient (Wildman–Crippen LogP) is 8.98. The third kappa shape index (κ3) is 8.66. The van der Waals surface area contributed by atoms with Gasteiger partial charge in [-0.25, -0.2) is 0 Å². The fourth-order valence-corrected chi connectivity index (χ4v) is 16.0. The molecule has 0 amide bonds. The quantitative estimate of drug-likeness (QED) is 0.0566. The molecule has 5 aromatic rings. The first-order valence-electron chi connectivity index (χ1n) is 17.9. The van der Waals surface area contributed by atoms with Gasteiger partial charge in [-0.15, -0.1) is 0 Å². The Kier molecular flexibility index (Phi) is 12.8. The molecule has 7 heteroatoms. The fraction of sp³-hybridized carbons (Fsp3) is 0.318. The molecule has 0 aliphatic carbocycles. The minimum atomic E-state index is -3.29. The monoisotopic (exact) mass is 816 g/mol. The van der Waals surface area contributed by atoms with Crippen LogP contribution in [0.1, 0.15) is 38.8 Å². The van der Waals surface area contributed by atoms with Gasteiger partial charge in [0.1, 0.15) is 0 Å². The molecule has 268 valence electrons. The molecule has 0 aromatic heterocycles. The standard InChI is InChI=1S/C44H50IO5P/c1-33(2)48-44(49-34(3)4)43-42(47-31-36-22-12-6-13-23-36)41(46-30-35-20-10-5-11-21-35)40(50-43)32-51(45,37-24-14-7-15-25-37,38-26-16-8-17-27-38)39-28-18-9-19-29-39/h5-29,33-34,40-44H,30-32H2,1-4H3/t40-,41-,42+,43+/m1/s1. The van der Waals surface area contributed by atoms with E-state index in [0.717, 1.165) is 11.1 Å². The molecule has 1 saturated heterocycles. The third-order valence-electron chi connectivity index (χ3n) is 9.40. The van der Waals surface area contributed by atoms with E-state index >= 15 is 0 Å². The average molecular weight is 817 g/mol. The summed E-state index contributed by atoms with van der Waals surface area (Å²) in [5.41, 5.74) is 2.18. The van der Waals surface area contributed by atoms with Crippen molar-refractivity contribution in [3.63, 3.8) is 0 Å². The zero-order valence-corrected chi connectivity index (χ0v) is 33.0. The molecule has 0 N–H and O–H groups in total. The summed E-state index contributed by atoms with van der Waals surface area (Å²) in [4.78, 5) is 0. The Morgan fingerprint density at radius 2 is 0.882 bits per heavy atom. The van der Waals surface area contributed by atoms with E-state index in [2.05, 4.69) is 137 Å². The van der Waals surface area contributed by atoms with Crippen molar-refractivity contribution in [2.75, 3.05) is 6.16 Å². The number of benzene rings is 5. The predicted molar refractivity (Wildman–Crippen MR) is 219 cm³/mol. The van der Waals surface area contributed by atoms with Gasteiger partial charge in [0.05, 0.1) is 0 Å². The van der Waals surface area contributed by atoms with Crippen molar-refractivity contribution in [2.24, 2.45) is 0 Å². The second-order valence-corrected chi connectivity index (χ2v) is 24.4. The molecule has 0 spiro atoms. The van der Waals surface area contributed by atoms with Crippen LogP contribution in [0.3, 0.4) is 0 Å². The van der Waals surface area contributed by atoms with E-state index in [1.54, 1.807) is 0 Å². The van der Waals surface area contributed by atoms with Gasteiger partial charge in [0, 0.05) is 0 Å². The Hall–Kier alpha value is -2.94. The maximum absolute atomic E-state index is 7.34. The van der Waals surface area contributed by atoms with Crippen LogP contribution in [-0.4, -0.2) is 49.1 Å². The van der Waals surface area contributed by atoms with E-state index in [0.29, 0.717) is 19.4 Å². The molecule has 1 heterocycles. The van der Waals surface area contributed by atoms with Crippen LogP contribution in [0.2, 0.25) is 0 Å². The van der Waals surface area contributed by atoms with Crippen LogP contribution in [0.15, 0.2) is 152 Å². The van der Waals surface area contributed by atoms with Crippen LogP contribution < -0.4 is 15.9 Å². The number of hydrogen-bond donors (Lipinski definition) is 0. The number of hydrogen-bond acceptors (Lipinski definition) is 5. The topological polar surface area (TPSA) is 46.2 Å². The average Bonchev–Trinajstić information content (AvgIpc) is 3.50. The number of ether oxygens (including phenoxy) is 5. The van der Waals surface area contributed by atoms with Crippen LogP contribution in [0.5, 0.6) is 0 Å². The van der Waals surface area contributed by atoms with Gasteiger partial charge in [-0.2, -0.15) is 0 Å². The van der Waals surface area contributed by atoms with Gasteiger partial charge >= 0.3 is 319 Å². The molecule has 1 aliphatic rings. The SMILES string of the molecule is CC(C)OC(OC(C)C)[C@H]1O[C@H](CP(I)(c2ccccc2)(c2ccccc2)c2ccccc2)[C@@H](OCc2ccccc2)[C@@H]1OCc1ccccc1.